The van der Waals surface area contributed by atoms with E-state index < -0.39 is 0 Å². The van der Waals surface area contributed by atoms with Gasteiger partial charge in [0.1, 0.15) is 5.82 Å². The molecule has 1 rings (SSSR count). The highest BCUT2D eigenvalue weighted by atomic mass is 16.3. The first kappa shape index (κ1) is 11.2. The SMILES string of the molecule is CCC(N[C@H](C)CO)c1nccn1C. The van der Waals surface area contributed by atoms with Crippen LogP contribution in [0.4, 0.5) is 0 Å². The molecule has 14 heavy (non-hydrogen) atoms. The molecule has 0 fully saturated rings. The number of hydrogen-bond acceptors (Lipinski definition) is 3. The molecule has 0 aliphatic carbocycles. The molecule has 0 aliphatic rings. The maximum absolute atomic E-state index is 8.96. The fraction of sp³-hybridized carbons (Fsp3) is 0.700. The van der Waals surface area contributed by atoms with Crippen molar-refractivity contribution in [3.05, 3.63) is 18.2 Å². The average molecular weight is 197 g/mol. The number of rotatable bonds is 5. The van der Waals surface area contributed by atoms with Gasteiger partial charge >= 0.3 is 0 Å². The second kappa shape index (κ2) is 5.12. The van der Waals surface area contributed by atoms with Gasteiger partial charge in [0.25, 0.3) is 0 Å². The molecule has 1 heterocycles. The van der Waals surface area contributed by atoms with E-state index in [1.165, 1.54) is 0 Å². The van der Waals surface area contributed by atoms with Crippen molar-refractivity contribution in [2.75, 3.05) is 6.61 Å². The van der Waals surface area contributed by atoms with E-state index in [0.29, 0.717) is 0 Å². The molecule has 0 aliphatic heterocycles. The Kier molecular flexibility index (Phi) is 4.10. The van der Waals surface area contributed by atoms with E-state index in [2.05, 4.69) is 17.2 Å². The summed E-state index contributed by atoms with van der Waals surface area (Å²) in [5.41, 5.74) is 0. The standard InChI is InChI=1S/C10H19N3O/c1-4-9(12-8(2)7-14)10-11-5-6-13(10)3/h5-6,8-9,12,14H,4,7H2,1-3H3/t8-,9?/m1/s1. The van der Waals surface area contributed by atoms with E-state index in [1.54, 1.807) is 6.20 Å². The molecule has 0 saturated heterocycles. The zero-order chi connectivity index (χ0) is 10.6. The van der Waals surface area contributed by atoms with E-state index >= 15 is 0 Å². The summed E-state index contributed by atoms with van der Waals surface area (Å²) in [5.74, 6) is 1.02. The second-order valence-electron chi connectivity index (χ2n) is 3.61. The van der Waals surface area contributed by atoms with Gasteiger partial charge in [-0.2, -0.15) is 0 Å². The number of aryl methyl sites for hydroxylation is 1. The third-order valence-corrected chi connectivity index (χ3v) is 2.34. The molecular weight excluding hydrogens is 178 g/mol. The Balaban J connectivity index is 2.67. The summed E-state index contributed by atoms with van der Waals surface area (Å²) in [6.07, 6.45) is 4.70. The summed E-state index contributed by atoms with van der Waals surface area (Å²) in [5, 5.41) is 12.3. The van der Waals surface area contributed by atoms with Gasteiger partial charge in [0, 0.05) is 25.5 Å². The van der Waals surface area contributed by atoms with Crippen molar-refractivity contribution in [2.24, 2.45) is 7.05 Å². The minimum Gasteiger partial charge on any atom is -0.395 e. The Morgan fingerprint density at radius 3 is 2.79 bits per heavy atom. The highest BCUT2D eigenvalue weighted by Crippen LogP contribution is 2.14. The first-order valence-electron chi connectivity index (χ1n) is 5.03. The summed E-state index contributed by atoms with van der Waals surface area (Å²) in [6, 6.07) is 0.328. The Morgan fingerprint density at radius 2 is 2.36 bits per heavy atom. The number of aliphatic hydroxyl groups excluding tert-OH is 1. The second-order valence-corrected chi connectivity index (χ2v) is 3.61. The molecule has 0 aromatic carbocycles. The van der Waals surface area contributed by atoms with Crippen molar-refractivity contribution >= 4 is 0 Å². The van der Waals surface area contributed by atoms with Gasteiger partial charge in [-0.1, -0.05) is 6.92 Å². The van der Waals surface area contributed by atoms with Gasteiger partial charge in [-0.25, -0.2) is 4.98 Å². The number of nitrogens with zero attached hydrogens (tertiary/aromatic N) is 2. The van der Waals surface area contributed by atoms with Gasteiger partial charge in [-0.05, 0) is 13.3 Å². The maximum Gasteiger partial charge on any atom is 0.125 e. The lowest BCUT2D eigenvalue weighted by Crippen LogP contribution is -2.34. The topological polar surface area (TPSA) is 50.1 Å². The van der Waals surface area contributed by atoms with Crippen molar-refractivity contribution in [3.63, 3.8) is 0 Å². The molecule has 0 saturated carbocycles. The predicted molar refractivity (Wildman–Crippen MR) is 55.9 cm³/mol. The van der Waals surface area contributed by atoms with Gasteiger partial charge in [-0.15, -0.1) is 0 Å². The predicted octanol–water partition coefficient (Wildman–Crippen LogP) is 0.842. The van der Waals surface area contributed by atoms with E-state index in [4.69, 9.17) is 5.11 Å². The lowest BCUT2D eigenvalue weighted by Gasteiger charge is -2.20. The summed E-state index contributed by atoms with van der Waals surface area (Å²) in [6.45, 7) is 4.23. The van der Waals surface area contributed by atoms with Crippen LogP contribution in [0.3, 0.4) is 0 Å². The van der Waals surface area contributed by atoms with Crippen molar-refractivity contribution in [1.82, 2.24) is 14.9 Å². The van der Waals surface area contributed by atoms with Crippen molar-refractivity contribution in [3.8, 4) is 0 Å². The Morgan fingerprint density at radius 1 is 1.64 bits per heavy atom. The molecule has 0 radical (unpaired) electrons. The molecule has 1 aromatic rings. The van der Waals surface area contributed by atoms with Crippen molar-refractivity contribution in [1.29, 1.82) is 0 Å². The zero-order valence-electron chi connectivity index (χ0n) is 9.07. The van der Waals surface area contributed by atoms with E-state index in [1.807, 2.05) is 24.7 Å². The quantitative estimate of drug-likeness (QED) is 0.735. The van der Waals surface area contributed by atoms with Crippen LogP contribution in [0, 0.1) is 0 Å². The van der Waals surface area contributed by atoms with Crippen LogP contribution in [-0.2, 0) is 7.05 Å². The summed E-state index contributed by atoms with van der Waals surface area (Å²) in [4.78, 5) is 4.29. The van der Waals surface area contributed by atoms with Crippen LogP contribution in [0.2, 0.25) is 0 Å². The number of aliphatic hydroxyl groups is 1. The van der Waals surface area contributed by atoms with Gasteiger partial charge in [0.15, 0.2) is 0 Å². The van der Waals surface area contributed by atoms with Gasteiger partial charge in [0.2, 0.25) is 0 Å². The summed E-state index contributed by atoms with van der Waals surface area (Å²) >= 11 is 0. The van der Waals surface area contributed by atoms with Crippen molar-refractivity contribution in [2.45, 2.75) is 32.4 Å². The van der Waals surface area contributed by atoms with Crippen molar-refractivity contribution < 1.29 is 5.11 Å². The van der Waals surface area contributed by atoms with Crippen LogP contribution in [0.15, 0.2) is 12.4 Å². The molecule has 2 atom stereocenters. The molecular formula is C10H19N3O. The highest BCUT2D eigenvalue weighted by molar-refractivity contribution is 4.98. The molecule has 4 nitrogen and oxygen atoms in total. The number of imidazole rings is 1. The first-order chi connectivity index (χ1) is 6.69. The van der Waals surface area contributed by atoms with Crippen LogP contribution in [-0.4, -0.2) is 27.3 Å². The molecule has 0 bridgehead atoms. The molecule has 1 aromatic heterocycles. The average Bonchev–Trinajstić information content (AvgIpc) is 2.60. The highest BCUT2D eigenvalue weighted by Gasteiger charge is 2.15. The van der Waals surface area contributed by atoms with Gasteiger partial charge in [-0.3, -0.25) is 0 Å². The number of hydrogen-bond donors (Lipinski definition) is 2. The number of nitrogens with one attached hydrogen (secondary N) is 1. The molecule has 80 valence electrons. The van der Waals surface area contributed by atoms with Crippen LogP contribution in [0.1, 0.15) is 32.1 Å². The van der Waals surface area contributed by atoms with Crippen LogP contribution >= 0.6 is 0 Å². The molecule has 0 spiro atoms. The fourth-order valence-corrected chi connectivity index (χ4v) is 1.48. The Labute approximate surface area is 85.0 Å². The van der Waals surface area contributed by atoms with Gasteiger partial charge in [0.05, 0.1) is 12.6 Å². The normalized spacial score (nSPS) is 15.4. The van der Waals surface area contributed by atoms with Crippen LogP contribution in [0.25, 0.3) is 0 Å². The minimum absolute atomic E-state index is 0.108. The lowest BCUT2D eigenvalue weighted by atomic mass is 10.2. The van der Waals surface area contributed by atoms with E-state index in [9.17, 15) is 0 Å². The fourth-order valence-electron chi connectivity index (χ4n) is 1.48. The molecule has 4 heteroatoms. The molecule has 1 unspecified atom stereocenters. The third-order valence-electron chi connectivity index (χ3n) is 2.34. The van der Waals surface area contributed by atoms with E-state index in [0.717, 1.165) is 12.2 Å². The first-order valence-corrected chi connectivity index (χ1v) is 5.03. The molecule has 0 amide bonds. The number of aromatic nitrogens is 2. The molecule has 2 N–H and O–H groups in total. The third kappa shape index (κ3) is 2.56. The zero-order valence-corrected chi connectivity index (χ0v) is 9.07. The summed E-state index contributed by atoms with van der Waals surface area (Å²) in [7, 11) is 1.98. The summed E-state index contributed by atoms with van der Waals surface area (Å²) < 4.78 is 2.01. The van der Waals surface area contributed by atoms with Gasteiger partial charge < -0.3 is 15.0 Å². The van der Waals surface area contributed by atoms with E-state index in [-0.39, 0.29) is 18.7 Å². The maximum atomic E-state index is 8.96. The lowest BCUT2D eigenvalue weighted by molar-refractivity contribution is 0.237. The monoisotopic (exact) mass is 197 g/mol. The smallest absolute Gasteiger partial charge is 0.125 e. The minimum atomic E-state index is 0.108. The Bertz CT molecular complexity index is 272. The van der Waals surface area contributed by atoms with Crippen LogP contribution < -0.4 is 5.32 Å². The largest absolute Gasteiger partial charge is 0.395 e. The Hall–Kier alpha value is -0.870. The van der Waals surface area contributed by atoms with Crippen LogP contribution in [0.5, 0.6) is 0 Å².